The van der Waals surface area contributed by atoms with Crippen molar-refractivity contribution < 1.29 is 0 Å². The molecule has 0 bridgehead atoms. The fraction of sp³-hybridized carbons (Fsp3) is 0.667. The van der Waals surface area contributed by atoms with Gasteiger partial charge >= 0.3 is 5.69 Å². The van der Waals surface area contributed by atoms with Crippen LogP contribution >= 0.6 is 0 Å². The predicted octanol–water partition coefficient (Wildman–Crippen LogP) is 1.30. The molecule has 0 saturated carbocycles. The highest BCUT2D eigenvalue weighted by Crippen LogP contribution is 2.15. The van der Waals surface area contributed by atoms with Crippen LogP contribution in [0.5, 0.6) is 0 Å². The van der Waals surface area contributed by atoms with Crippen molar-refractivity contribution in [2.45, 2.75) is 40.8 Å². The monoisotopic (exact) mass is 268 g/mol. The number of nitrogen functional groups attached to an aromatic ring is 1. The van der Waals surface area contributed by atoms with Crippen LogP contribution in [0, 0.1) is 16.7 Å². The Bertz CT molecular complexity index is 584. The van der Waals surface area contributed by atoms with E-state index < -0.39 is 11.2 Å². The van der Waals surface area contributed by atoms with Gasteiger partial charge in [0, 0.05) is 13.1 Å². The van der Waals surface area contributed by atoms with Gasteiger partial charge in [0.25, 0.3) is 5.56 Å². The van der Waals surface area contributed by atoms with Crippen molar-refractivity contribution in [3.05, 3.63) is 25.7 Å². The Morgan fingerprint density at radius 3 is 1.95 bits per heavy atom. The lowest BCUT2D eigenvalue weighted by Gasteiger charge is -2.16. The molecule has 0 fully saturated rings. The Morgan fingerprint density at radius 2 is 1.53 bits per heavy atom. The standard InChI is InChI=1S/C12H20N4O3/c1-7(2)5-15-10(13)9(14-19)11(17)16(12(15)18)6-8(3)4/h7-8H,5-6,13H2,1-4H3. The maximum absolute atomic E-state index is 12.3. The highest BCUT2D eigenvalue weighted by molar-refractivity contribution is 5.55. The van der Waals surface area contributed by atoms with Crippen molar-refractivity contribution in [2.75, 3.05) is 5.73 Å². The normalized spacial score (nSPS) is 11.3. The Morgan fingerprint density at radius 1 is 1.05 bits per heavy atom. The molecule has 7 heteroatoms. The molecule has 0 atom stereocenters. The van der Waals surface area contributed by atoms with Gasteiger partial charge in [0.1, 0.15) is 5.82 Å². The summed E-state index contributed by atoms with van der Waals surface area (Å²) in [4.78, 5) is 35.0. The van der Waals surface area contributed by atoms with Crippen LogP contribution in [0.15, 0.2) is 14.8 Å². The third-order valence-corrected chi connectivity index (χ3v) is 2.63. The lowest BCUT2D eigenvalue weighted by Crippen LogP contribution is -2.42. The second-order valence-electron chi connectivity index (χ2n) is 5.42. The van der Waals surface area contributed by atoms with E-state index in [-0.39, 0.29) is 29.9 Å². The number of rotatable bonds is 5. The quantitative estimate of drug-likeness (QED) is 0.813. The second-order valence-corrected chi connectivity index (χ2v) is 5.42. The zero-order valence-electron chi connectivity index (χ0n) is 11.7. The summed E-state index contributed by atoms with van der Waals surface area (Å²) < 4.78 is 2.27. The third kappa shape index (κ3) is 3.10. The SMILES string of the molecule is CC(C)Cn1c(N)c(N=O)c(=O)n(CC(C)C)c1=O. The van der Waals surface area contributed by atoms with Gasteiger partial charge in [-0.15, -0.1) is 4.91 Å². The zero-order chi connectivity index (χ0) is 14.7. The molecule has 0 aliphatic carbocycles. The van der Waals surface area contributed by atoms with Crippen molar-refractivity contribution in [1.29, 1.82) is 0 Å². The van der Waals surface area contributed by atoms with Gasteiger partial charge in [-0.25, -0.2) is 4.79 Å². The summed E-state index contributed by atoms with van der Waals surface area (Å²) in [6.07, 6.45) is 0. The number of anilines is 1. The van der Waals surface area contributed by atoms with Crippen molar-refractivity contribution in [2.24, 2.45) is 17.0 Å². The fourth-order valence-electron chi connectivity index (χ4n) is 1.85. The molecule has 19 heavy (non-hydrogen) atoms. The van der Waals surface area contributed by atoms with Crippen molar-refractivity contribution in [3.8, 4) is 0 Å². The largest absolute Gasteiger partial charge is 0.383 e. The number of hydrogen-bond donors (Lipinski definition) is 1. The smallest absolute Gasteiger partial charge is 0.332 e. The molecule has 1 aromatic heterocycles. The molecule has 0 aliphatic rings. The van der Waals surface area contributed by atoms with Crippen LogP contribution in [0.25, 0.3) is 0 Å². The molecule has 2 N–H and O–H groups in total. The van der Waals surface area contributed by atoms with Crippen LogP contribution in [0.1, 0.15) is 27.7 Å². The summed E-state index contributed by atoms with van der Waals surface area (Å²) >= 11 is 0. The van der Waals surface area contributed by atoms with Gasteiger partial charge < -0.3 is 5.73 Å². The summed E-state index contributed by atoms with van der Waals surface area (Å²) in [5.41, 5.74) is 4.11. The molecule has 0 amide bonds. The first-order valence-corrected chi connectivity index (χ1v) is 6.26. The molecule has 1 rings (SSSR count). The van der Waals surface area contributed by atoms with E-state index in [2.05, 4.69) is 5.18 Å². The molecule has 0 spiro atoms. The molecule has 1 aromatic rings. The summed E-state index contributed by atoms with van der Waals surface area (Å²) in [7, 11) is 0. The Labute approximate surface area is 111 Å². The van der Waals surface area contributed by atoms with Crippen LogP contribution in [-0.2, 0) is 13.1 Å². The number of nitrogens with two attached hydrogens (primary N) is 1. The van der Waals surface area contributed by atoms with Crippen molar-refractivity contribution in [1.82, 2.24) is 9.13 Å². The van der Waals surface area contributed by atoms with Crippen LogP contribution in [-0.4, -0.2) is 9.13 Å². The van der Waals surface area contributed by atoms with E-state index >= 15 is 0 Å². The van der Waals surface area contributed by atoms with Gasteiger partial charge in [0.2, 0.25) is 5.69 Å². The topological polar surface area (TPSA) is 99.4 Å². The zero-order valence-corrected chi connectivity index (χ0v) is 11.7. The minimum atomic E-state index is -0.716. The Hall–Kier alpha value is -1.92. The number of hydrogen-bond acceptors (Lipinski definition) is 5. The molecular formula is C12H20N4O3. The van der Waals surface area contributed by atoms with Crippen molar-refractivity contribution in [3.63, 3.8) is 0 Å². The Balaban J connectivity index is 3.61. The van der Waals surface area contributed by atoms with Gasteiger partial charge in [-0.1, -0.05) is 27.7 Å². The first-order chi connectivity index (χ1) is 8.79. The highest BCUT2D eigenvalue weighted by atomic mass is 16.3. The molecular weight excluding hydrogens is 248 g/mol. The predicted molar refractivity (Wildman–Crippen MR) is 74.5 cm³/mol. The average molecular weight is 268 g/mol. The molecule has 0 unspecified atom stereocenters. The average Bonchev–Trinajstić information content (AvgIpc) is 2.30. The number of aromatic nitrogens is 2. The van der Waals surface area contributed by atoms with E-state index in [1.165, 1.54) is 4.57 Å². The molecule has 7 nitrogen and oxygen atoms in total. The lowest BCUT2D eigenvalue weighted by molar-refractivity contribution is 0.446. The molecule has 0 aliphatic heterocycles. The van der Waals surface area contributed by atoms with Gasteiger partial charge in [0.15, 0.2) is 0 Å². The van der Waals surface area contributed by atoms with Crippen LogP contribution < -0.4 is 17.0 Å². The molecule has 106 valence electrons. The first-order valence-electron chi connectivity index (χ1n) is 6.26. The van der Waals surface area contributed by atoms with E-state index in [4.69, 9.17) is 5.73 Å². The highest BCUT2D eigenvalue weighted by Gasteiger charge is 2.18. The maximum atomic E-state index is 12.3. The summed E-state index contributed by atoms with van der Waals surface area (Å²) in [5, 5.41) is 2.68. The summed E-state index contributed by atoms with van der Waals surface area (Å²) in [6.45, 7) is 8.16. The van der Waals surface area contributed by atoms with E-state index in [0.29, 0.717) is 6.54 Å². The summed E-state index contributed by atoms with van der Waals surface area (Å²) in [6, 6.07) is 0. The Kier molecular flexibility index (Phi) is 4.63. The lowest BCUT2D eigenvalue weighted by atomic mass is 10.2. The van der Waals surface area contributed by atoms with Crippen molar-refractivity contribution >= 4 is 11.5 Å². The minimum Gasteiger partial charge on any atom is -0.383 e. The van der Waals surface area contributed by atoms with Crippen LogP contribution in [0.2, 0.25) is 0 Å². The first kappa shape index (κ1) is 15.1. The third-order valence-electron chi connectivity index (χ3n) is 2.63. The maximum Gasteiger partial charge on any atom is 0.332 e. The van der Waals surface area contributed by atoms with Crippen LogP contribution in [0.3, 0.4) is 0 Å². The van der Waals surface area contributed by atoms with E-state index in [0.717, 1.165) is 4.57 Å². The van der Waals surface area contributed by atoms with Gasteiger partial charge in [0.05, 0.1) is 0 Å². The van der Waals surface area contributed by atoms with E-state index in [1.54, 1.807) is 0 Å². The van der Waals surface area contributed by atoms with E-state index in [1.807, 2.05) is 27.7 Å². The van der Waals surface area contributed by atoms with Crippen LogP contribution in [0.4, 0.5) is 11.5 Å². The molecule has 1 heterocycles. The van der Waals surface area contributed by atoms with E-state index in [9.17, 15) is 14.5 Å². The van der Waals surface area contributed by atoms with Gasteiger partial charge in [-0.05, 0) is 17.0 Å². The van der Waals surface area contributed by atoms with Gasteiger partial charge in [-0.2, -0.15) is 0 Å². The molecule has 0 saturated heterocycles. The summed E-state index contributed by atoms with van der Waals surface area (Å²) in [5.74, 6) is 0.101. The van der Waals surface area contributed by atoms with Gasteiger partial charge in [-0.3, -0.25) is 13.9 Å². The minimum absolute atomic E-state index is 0.0982. The number of nitrogens with zero attached hydrogens (tertiary/aromatic N) is 3. The molecule has 0 aromatic carbocycles. The molecule has 0 radical (unpaired) electrons. The second kappa shape index (κ2) is 5.81. The number of nitroso groups, excluding NO2 is 1. The fourth-order valence-corrected chi connectivity index (χ4v) is 1.85.